The normalized spacial score (nSPS) is 17.2. The maximum Gasteiger partial charge on any atom is 0.292 e. The molecule has 0 spiro atoms. The summed E-state index contributed by atoms with van der Waals surface area (Å²) in [7, 11) is 1.89. The molecule has 122 valence electrons. The molecule has 0 saturated heterocycles. The number of carbonyl (C=O) groups is 1. The Kier molecular flexibility index (Phi) is 3.90. The van der Waals surface area contributed by atoms with Crippen molar-refractivity contribution in [3.63, 3.8) is 0 Å². The van der Waals surface area contributed by atoms with E-state index >= 15 is 0 Å². The summed E-state index contributed by atoms with van der Waals surface area (Å²) in [5.74, 6) is 0.876. The van der Waals surface area contributed by atoms with Crippen LogP contribution in [0, 0.1) is 0 Å². The summed E-state index contributed by atoms with van der Waals surface area (Å²) in [6.07, 6.45) is -0.728. The molecule has 1 atom stereocenters. The zero-order valence-corrected chi connectivity index (χ0v) is 15.1. The van der Waals surface area contributed by atoms with E-state index in [0.29, 0.717) is 16.3 Å². The van der Waals surface area contributed by atoms with Gasteiger partial charge in [0.2, 0.25) is 6.10 Å². The zero-order chi connectivity index (χ0) is 16.7. The monoisotopic (exact) mass is 404 g/mol. The average Bonchev–Trinajstić information content (AvgIpc) is 2.91. The number of benzene rings is 2. The Morgan fingerprint density at radius 1 is 1.25 bits per heavy atom. The maximum absolute atomic E-state index is 12.5. The van der Waals surface area contributed by atoms with Gasteiger partial charge in [0.05, 0.1) is 10.2 Å². The van der Waals surface area contributed by atoms with E-state index in [2.05, 4.69) is 20.9 Å². The standard InChI is InChI=1S/C17H13BrN2O3S/c1-20-15-10(18)5-4-8-14(15)24-17(20)19-16(21)13-9-22-11-6-2-3-7-12(11)23-13/h2-8,13H,9H2,1H3/t13-/m1/s1. The van der Waals surface area contributed by atoms with Gasteiger partial charge in [-0.3, -0.25) is 4.79 Å². The van der Waals surface area contributed by atoms with E-state index in [1.54, 1.807) is 6.07 Å². The predicted molar refractivity (Wildman–Crippen MR) is 95.4 cm³/mol. The molecular formula is C17H13BrN2O3S. The summed E-state index contributed by atoms with van der Waals surface area (Å²) in [4.78, 5) is 17.4. The molecular weight excluding hydrogens is 392 g/mol. The number of aryl methyl sites for hydroxylation is 1. The summed E-state index contributed by atoms with van der Waals surface area (Å²) in [6.45, 7) is 0.164. The third-order valence-electron chi connectivity index (χ3n) is 3.76. The second-order valence-corrected chi connectivity index (χ2v) is 7.21. The fraction of sp³-hybridized carbons (Fsp3) is 0.176. The lowest BCUT2D eigenvalue weighted by atomic mass is 10.2. The summed E-state index contributed by atoms with van der Waals surface area (Å²) < 4.78 is 15.2. The number of thiazole rings is 1. The molecule has 0 N–H and O–H groups in total. The lowest BCUT2D eigenvalue weighted by molar-refractivity contribution is -0.127. The van der Waals surface area contributed by atoms with Gasteiger partial charge >= 0.3 is 0 Å². The smallest absolute Gasteiger partial charge is 0.292 e. The number of hydrogen-bond donors (Lipinski definition) is 0. The highest BCUT2D eigenvalue weighted by molar-refractivity contribution is 9.10. The highest BCUT2D eigenvalue weighted by Gasteiger charge is 2.27. The van der Waals surface area contributed by atoms with Crippen molar-refractivity contribution in [3.05, 3.63) is 51.7 Å². The zero-order valence-electron chi connectivity index (χ0n) is 12.7. The van der Waals surface area contributed by atoms with Crippen LogP contribution in [0.3, 0.4) is 0 Å². The molecule has 2 heterocycles. The van der Waals surface area contributed by atoms with E-state index in [1.165, 1.54) is 11.3 Å². The van der Waals surface area contributed by atoms with Gasteiger partial charge in [0.1, 0.15) is 6.61 Å². The lowest BCUT2D eigenvalue weighted by Gasteiger charge is -2.23. The molecule has 4 rings (SSSR count). The second kappa shape index (κ2) is 6.07. The van der Waals surface area contributed by atoms with Crippen LogP contribution in [0.2, 0.25) is 0 Å². The van der Waals surface area contributed by atoms with Crippen molar-refractivity contribution in [2.45, 2.75) is 6.10 Å². The molecule has 2 aromatic carbocycles. The van der Waals surface area contributed by atoms with Crippen molar-refractivity contribution >= 4 is 43.4 Å². The average molecular weight is 405 g/mol. The molecule has 5 nitrogen and oxygen atoms in total. The van der Waals surface area contributed by atoms with Gasteiger partial charge in [-0.15, -0.1) is 0 Å². The molecule has 24 heavy (non-hydrogen) atoms. The number of para-hydroxylation sites is 3. The fourth-order valence-electron chi connectivity index (χ4n) is 2.57. The molecule has 0 bridgehead atoms. The highest BCUT2D eigenvalue weighted by Crippen LogP contribution is 2.31. The largest absolute Gasteiger partial charge is 0.485 e. The van der Waals surface area contributed by atoms with E-state index in [9.17, 15) is 4.79 Å². The Morgan fingerprint density at radius 2 is 2.04 bits per heavy atom. The van der Waals surface area contributed by atoms with Crippen LogP contribution >= 0.6 is 27.3 Å². The van der Waals surface area contributed by atoms with Gasteiger partial charge in [0.15, 0.2) is 16.3 Å². The van der Waals surface area contributed by atoms with Crippen LogP contribution in [0.5, 0.6) is 11.5 Å². The number of ether oxygens (including phenoxy) is 2. The number of hydrogen-bond acceptors (Lipinski definition) is 4. The number of halogens is 1. The Bertz CT molecular complexity index is 1010. The van der Waals surface area contributed by atoms with Crippen LogP contribution in [-0.2, 0) is 11.8 Å². The van der Waals surface area contributed by atoms with Crippen molar-refractivity contribution < 1.29 is 14.3 Å². The number of amides is 1. The topological polar surface area (TPSA) is 52.8 Å². The lowest BCUT2D eigenvalue weighted by Crippen LogP contribution is -2.36. The second-order valence-electron chi connectivity index (χ2n) is 5.34. The van der Waals surface area contributed by atoms with Crippen molar-refractivity contribution in [1.29, 1.82) is 0 Å². The van der Waals surface area contributed by atoms with Gasteiger partial charge in [0, 0.05) is 11.5 Å². The summed E-state index contributed by atoms with van der Waals surface area (Å²) in [5.41, 5.74) is 1.01. The molecule has 1 aliphatic heterocycles. The van der Waals surface area contributed by atoms with Gasteiger partial charge in [-0.1, -0.05) is 29.5 Å². The first kappa shape index (κ1) is 15.4. The van der Waals surface area contributed by atoms with Gasteiger partial charge in [0.25, 0.3) is 5.91 Å². The molecule has 0 fully saturated rings. The van der Waals surface area contributed by atoms with E-state index in [4.69, 9.17) is 9.47 Å². The van der Waals surface area contributed by atoms with E-state index in [-0.39, 0.29) is 12.5 Å². The number of aromatic nitrogens is 1. The predicted octanol–water partition coefficient (Wildman–Crippen LogP) is 3.27. The Balaban J connectivity index is 1.68. The van der Waals surface area contributed by atoms with Crippen LogP contribution < -0.4 is 14.3 Å². The van der Waals surface area contributed by atoms with Gasteiger partial charge in [-0.25, -0.2) is 0 Å². The van der Waals surface area contributed by atoms with Crippen LogP contribution in [-0.4, -0.2) is 23.2 Å². The number of nitrogens with zero attached hydrogens (tertiary/aromatic N) is 2. The number of carbonyl (C=O) groups excluding carboxylic acids is 1. The highest BCUT2D eigenvalue weighted by atomic mass is 79.9. The van der Waals surface area contributed by atoms with E-state index in [0.717, 1.165) is 14.7 Å². The molecule has 0 radical (unpaired) electrons. The number of rotatable bonds is 1. The van der Waals surface area contributed by atoms with Crippen LogP contribution in [0.1, 0.15) is 0 Å². The van der Waals surface area contributed by atoms with Crippen molar-refractivity contribution in [2.75, 3.05) is 6.61 Å². The van der Waals surface area contributed by atoms with E-state index in [1.807, 2.05) is 48.0 Å². The Labute approximate surface area is 150 Å². The third-order valence-corrected chi connectivity index (χ3v) is 5.50. The van der Waals surface area contributed by atoms with Crippen LogP contribution in [0.15, 0.2) is 51.9 Å². The SMILES string of the molecule is Cn1c(=NC(=O)[C@H]2COc3ccccc3O2)sc2cccc(Br)c21. The van der Waals surface area contributed by atoms with Gasteiger partial charge in [-0.2, -0.15) is 4.99 Å². The van der Waals surface area contributed by atoms with E-state index < -0.39 is 6.10 Å². The Morgan fingerprint density at radius 3 is 2.83 bits per heavy atom. The summed E-state index contributed by atoms with van der Waals surface area (Å²) in [5, 5.41) is 0. The maximum atomic E-state index is 12.5. The molecule has 3 aromatic rings. The summed E-state index contributed by atoms with van der Waals surface area (Å²) in [6, 6.07) is 13.2. The molecule has 0 aliphatic carbocycles. The third kappa shape index (κ3) is 2.63. The quantitative estimate of drug-likeness (QED) is 0.625. The van der Waals surface area contributed by atoms with Crippen molar-refractivity contribution in [2.24, 2.45) is 12.0 Å². The molecule has 1 amide bonds. The molecule has 7 heteroatoms. The van der Waals surface area contributed by atoms with Gasteiger partial charge < -0.3 is 14.0 Å². The van der Waals surface area contributed by atoms with Crippen LogP contribution in [0.25, 0.3) is 10.2 Å². The minimum atomic E-state index is -0.728. The number of fused-ring (bicyclic) bond motifs is 2. The minimum absolute atomic E-state index is 0.164. The molecule has 0 saturated carbocycles. The van der Waals surface area contributed by atoms with Gasteiger partial charge in [-0.05, 0) is 40.2 Å². The first-order valence-corrected chi connectivity index (χ1v) is 8.95. The first-order valence-electron chi connectivity index (χ1n) is 7.34. The fourth-order valence-corrected chi connectivity index (χ4v) is 4.39. The minimum Gasteiger partial charge on any atom is -0.485 e. The van der Waals surface area contributed by atoms with Crippen molar-refractivity contribution in [3.8, 4) is 11.5 Å². The Hall–Kier alpha value is -2.12. The van der Waals surface area contributed by atoms with Crippen LogP contribution in [0.4, 0.5) is 0 Å². The first-order chi connectivity index (χ1) is 11.6. The summed E-state index contributed by atoms with van der Waals surface area (Å²) >= 11 is 5.00. The molecule has 1 aliphatic rings. The molecule has 0 unspecified atom stereocenters. The van der Waals surface area contributed by atoms with Crippen molar-refractivity contribution in [1.82, 2.24) is 4.57 Å². The molecule has 1 aromatic heterocycles.